The van der Waals surface area contributed by atoms with Gasteiger partial charge in [0.15, 0.2) is 5.78 Å². The van der Waals surface area contributed by atoms with Crippen LogP contribution in [0, 0.1) is 13.8 Å². The zero-order valence-electron chi connectivity index (χ0n) is 14.8. The lowest BCUT2D eigenvalue weighted by Gasteiger charge is -2.14. The number of ketones is 1. The number of carbonyl (C=O) groups excluding carboxylic acids is 1. The fraction of sp³-hybridized carbons (Fsp3) is 0.300. The van der Waals surface area contributed by atoms with Gasteiger partial charge in [-0.1, -0.05) is 42.5 Å². The van der Waals surface area contributed by atoms with E-state index in [1.807, 2.05) is 42.8 Å². The summed E-state index contributed by atoms with van der Waals surface area (Å²) in [5, 5.41) is 8.03. The lowest BCUT2D eigenvalue weighted by molar-refractivity contribution is 0.0988. The number of carbonyl (C=O) groups is 1. The predicted molar refractivity (Wildman–Crippen MR) is 96.6 cm³/mol. The van der Waals surface area contributed by atoms with Gasteiger partial charge in [0.2, 0.25) is 0 Å². The number of aromatic nitrogens is 4. The molecule has 128 valence electrons. The molecular formula is C20H22N4O. The van der Waals surface area contributed by atoms with Crippen molar-refractivity contribution in [1.29, 1.82) is 0 Å². The number of pyridine rings is 1. The molecule has 0 radical (unpaired) electrons. The Morgan fingerprint density at radius 3 is 2.68 bits per heavy atom. The van der Waals surface area contributed by atoms with Crippen LogP contribution in [0.2, 0.25) is 0 Å². The van der Waals surface area contributed by atoms with Crippen molar-refractivity contribution in [2.24, 2.45) is 0 Å². The predicted octanol–water partition coefficient (Wildman–Crippen LogP) is 3.52. The highest BCUT2D eigenvalue weighted by Crippen LogP contribution is 2.20. The second kappa shape index (κ2) is 7.38. The van der Waals surface area contributed by atoms with Crippen molar-refractivity contribution < 1.29 is 4.79 Å². The number of Topliss-reactive ketones (excluding diaryl/α,β-unsaturated/α-hetero) is 1. The lowest BCUT2D eigenvalue weighted by Crippen LogP contribution is -2.10. The van der Waals surface area contributed by atoms with Crippen molar-refractivity contribution in [3.63, 3.8) is 0 Å². The number of rotatable bonds is 6. The second-order valence-electron chi connectivity index (χ2n) is 6.47. The topological polar surface area (TPSA) is 60.7 Å². The highest BCUT2D eigenvalue weighted by atomic mass is 16.1. The number of hydrogen-bond donors (Lipinski definition) is 0. The van der Waals surface area contributed by atoms with Crippen LogP contribution in [0.5, 0.6) is 0 Å². The van der Waals surface area contributed by atoms with E-state index in [-0.39, 0.29) is 11.7 Å². The van der Waals surface area contributed by atoms with Gasteiger partial charge in [0.05, 0.1) is 11.9 Å². The van der Waals surface area contributed by atoms with Gasteiger partial charge in [-0.3, -0.25) is 9.78 Å². The van der Waals surface area contributed by atoms with Gasteiger partial charge in [-0.2, -0.15) is 0 Å². The Morgan fingerprint density at radius 1 is 1.16 bits per heavy atom. The monoisotopic (exact) mass is 334 g/mol. The summed E-state index contributed by atoms with van der Waals surface area (Å²) in [4.78, 5) is 16.8. The first-order valence-electron chi connectivity index (χ1n) is 8.43. The molecular weight excluding hydrogens is 312 g/mol. The Labute approximate surface area is 147 Å². The summed E-state index contributed by atoms with van der Waals surface area (Å²) in [7, 11) is 0. The summed E-state index contributed by atoms with van der Waals surface area (Å²) in [6.45, 7) is 6.81. The van der Waals surface area contributed by atoms with Gasteiger partial charge in [-0.15, -0.1) is 5.10 Å². The van der Waals surface area contributed by atoms with Gasteiger partial charge in [0.25, 0.3) is 0 Å². The molecule has 0 fully saturated rings. The van der Waals surface area contributed by atoms with Crippen molar-refractivity contribution in [3.05, 3.63) is 76.9 Å². The van der Waals surface area contributed by atoms with Crippen LogP contribution in [0.3, 0.4) is 0 Å². The molecule has 0 spiro atoms. The van der Waals surface area contributed by atoms with Crippen LogP contribution in [-0.2, 0) is 13.0 Å². The minimum absolute atomic E-state index is 0.0422. The summed E-state index contributed by atoms with van der Waals surface area (Å²) < 4.78 is 1.90. The molecule has 2 heterocycles. The summed E-state index contributed by atoms with van der Waals surface area (Å²) in [6, 6.07) is 13.7. The molecule has 0 N–H and O–H groups in total. The molecule has 5 nitrogen and oxygen atoms in total. The van der Waals surface area contributed by atoms with Gasteiger partial charge in [-0.05, 0) is 37.1 Å². The highest BCUT2D eigenvalue weighted by Gasteiger charge is 2.12. The zero-order chi connectivity index (χ0) is 17.8. The van der Waals surface area contributed by atoms with Crippen LogP contribution in [0.1, 0.15) is 45.8 Å². The van der Waals surface area contributed by atoms with E-state index in [1.54, 1.807) is 12.3 Å². The van der Waals surface area contributed by atoms with E-state index in [0.717, 1.165) is 23.5 Å². The molecule has 2 aromatic heterocycles. The van der Waals surface area contributed by atoms with E-state index >= 15 is 0 Å². The van der Waals surface area contributed by atoms with Crippen LogP contribution in [0.4, 0.5) is 0 Å². The van der Waals surface area contributed by atoms with Crippen LogP contribution < -0.4 is 0 Å². The van der Waals surface area contributed by atoms with Crippen molar-refractivity contribution in [2.75, 3.05) is 0 Å². The van der Waals surface area contributed by atoms with Crippen LogP contribution in [0.25, 0.3) is 0 Å². The quantitative estimate of drug-likeness (QED) is 0.647. The van der Waals surface area contributed by atoms with E-state index in [0.29, 0.717) is 12.1 Å². The highest BCUT2D eigenvalue weighted by molar-refractivity contribution is 5.95. The molecule has 0 saturated carbocycles. The molecule has 0 amide bonds. The third-order valence-electron chi connectivity index (χ3n) is 4.32. The van der Waals surface area contributed by atoms with Crippen LogP contribution >= 0.6 is 0 Å². The molecule has 3 aromatic rings. The molecule has 5 heteroatoms. The molecule has 0 aliphatic carbocycles. The Hall–Kier alpha value is -2.82. The van der Waals surface area contributed by atoms with E-state index < -0.39 is 0 Å². The Kier molecular flexibility index (Phi) is 5.03. The molecule has 3 rings (SSSR count). The SMILES string of the molecule is Cc1cccc(C(=O)Cc2cccc(C(C)Cn3nncc3C)c2)n1. The maximum absolute atomic E-state index is 12.5. The van der Waals surface area contributed by atoms with Gasteiger partial charge >= 0.3 is 0 Å². The average molecular weight is 334 g/mol. The van der Waals surface area contributed by atoms with Gasteiger partial charge in [0, 0.05) is 24.6 Å². The van der Waals surface area contributed by atoms with E-state index in [4.69, 9.17) is 0 Å². The molecule has 25 heavy (non-hydrogen) atoms. The first kappa shape index (κ1) is 17.0. The largest absolute Gasteiger partial charge is 0.292 e. The number of aryl methyl sites for hydroxylation is 2. The Bertz CT molecular complexity index is 885. The third-order valence-corrected chi connectivity index (χ3v) is 4.32. The van der Waals surface area contributed by atoms with Crippen LogP contribution in [-0.4, -0.2) is 25.8 Å². The fourth-order valence-corrected chi connectivity index (χ4v) is 2.84. The minimum Gasteiger partial charge on any atom is -0.292 e. The minimum atomic E-state index is 0.0422. The van der Waals surface area contributed by atoms with Gasteiger partial charge in [-0.25, -0.2) is 4.68 Å². The fourth-order valence-electron chi connectivity index (χ4n) is 2.84. The maximum Gasteiger partial charge on any atom is 0.185 e. The smallest absolute Gasteiger partial charge is 0.185 e. The first-order chi connectivity index (χ1) is 12.0. The molecule has 0 bridgehead atoms. The Morgan fingerprint density at radius 2 is 1.96 bits per heavy atom. The normalized spacial score (nSPS) is 12.1. The standard InChI is InChI=1S/C20H22N4O/c1-14(13-24-16(3)12-21-23-24)18-8-5-7-17(10-18)11-20(25)19-9-4-6-15(2)22-19/h4-10,12,14H,11,13H2,1-3H3. The maximum atomic E-state index is 12.5. The number of hydrogen-bond acceptors (Lipinski definition) is 4. The van der Waals surface area contributed by atoms with Crippen molar-refractivity contribution in [2.45, 2.75) is 39.7 Å². The number of nitrogens with zero attached hydrogens (tertiary/aromatic N) is 4. The van der Waals surface area contributed by atoms with E-state index in [1.165, 1.54) is 5.56 Å². The Balaban J connectivity index is 1.73. The second-order valence-corrected chi connectivity index (χ2v) is 6.47. The lowest BCUT2D eigenvalue weighted by atomic mass is 9.96. The van der Waals surface area contributed by atoms with Crippen LogP contribution in [0.15, 0.2) is 48.7 Å². The van der Waals surface area contributed by atoms with Gasteiger partial charge < -0.3 is 0 Å². The van der Waals surface area contributed by atoms with Crippen molar-refractivity contribution in [1.82, 2.24) is 20.0 Å². The molecule has 1 atom stereocenters. The molecule has 1 aromatic carbocycles. The summed E-state index contributed by atoms with van der Waals surface area (Å²) in [5.41, 5.74) is 4.63. The summed E-state index contributed by atoms with van der Waals surface area (Å²) in [5.74, 6) is 0.327. The third kappa shape index (κ3) is 4.18. The molecule has 0 aliphatic heterocycles. The van der Waals surface area contributed by atoms with Gasteiger partial charge in [0.1, 0.15) is 5.69 Å². The van der Waals surface area contributed by atoms with Crippen molar-refractivity contribution >= 4 is 5.78 Å². The summed E-state index contributed by atoms with van der Waals surface area (Å²) in [6.07, 6.45) is 2.12. The van der Waals surface area contributed by atoms with E-state index in [9.17, 15) is 4.79 Å². The van der Waals surface area contributed by atoms with E-state index in [2.05, 4.69) is 34.4 Å². The molecule has 1 unspecified atom stereocenters. The first-order valence-corrected chi connectivity index (χ1v) is 8.43. The molecule has 0 aliphatic rings. The average Bonchev–Trinajstić information content (AvgIpc) is 3.00. The zero-order valence-corrected chi connectivity index (χ0v) is 14.8. The molecule has 0 saturated heterocycles. The van der Waals surface area contributed by atoms with Crippen molar-refractivity contribution in [3.8, 4) is 0 Å². The number of benzene rings is 1. The summed E-state index contributed by atoms with van der Waals surface area (Å²) >= 11 is 0.